The largest absolute Gasteiger partial charge is 0.309 e. The first-order chi connectivity index (χ1) is 61.5. The van der Waals surface area contributed by atoms with Crippen molar-refractivity contribution in [2.24, 2.45) is 0 Å². The normalized spacial score (nSPS) is 12.5. The first-order valence-electron chi connectivity index (χ1n) is 42.5. The number of nitrogens with zero attached hydrogens (tertiary/aromatic N) is 10. The molecule has 0 spiro atoms. The molecule has 0 fully saturated rings. The lowest BCUT2D eigenvalue weighted by Crippen LogP contribution is -2.04. The fourth-order valence-electron chi connectivity index (χ4n) is 22.0. The molecular weight excluding hydrogens is 1510 g/mol. The Bertz CT molecular complexity index is 9760. The van der Waals surface area contributed by atoms with E-state index in [0.717, 1.165) is 150 Å². The molecule has 0 bridgehead atoms. The number of hydrogen-bond donors (Lipinski definition) is 0. The highest BCUT2D eigenvalue weighted by atomic mass is 15.1. The van der Waals surface area contributed by atoms with Crippen molar-refractivity contribution < 1.29 is 0 Å². The molecule has 0 radical (unpaired) electrons. The van der Waals surface area contributed by atoms with Crippen LogP contribution in [0.4, 0.5) is 0 Å². The van der Waals surface area contributed by atoms with E-state index in [2.05, 4.69) is 409 Å². The molecule has 0 aliphatic rings. The Kier molecular flexibility index (Phi) is 13.0. The Hall–Kier alpha value is -16.8. The molecule has 29 rings (SSSR count). The topological polar surface area (TPSA) is 80.1 Å². The highest BCUT2D eigenvalue weighted by Crippen LogP contribution is 2.53. The van der Waals surface area contributed by atoms with Crippen molar-refractivity contribution in [1.82, 2.24) is 47.0 Å². The Balaban J connectivity index is 0.633. The lowest BCUT2D eigenvalue weighted by molar-refractivity contribution is 1.08. The molecule has 0 amide bonds. The second kappa shape index (κ2) is 24.5. The monoisotopic (exact) mass is 1570 g/mol. The number of hydrogen-bond acceptors (Lipinski definition) is 4. The SMILES string of the molecule is c1ccc(-n2c3ccccc3c3ccc(-c4nc5ccccc5nc4-c4ccc(-n5c6cc7c8ccccc8n8c9cc(-c%10ccc%11c(ccc%12c%13c%14c%15ccccc%15n%15c%16ccccc%16c(cc%13n(-c%13nc%16ccccc%16nc%13-c%13ccc%16c%17ccccc%17n(-c%17ccccc%17)c%16c%13)c%11%12)c%14%15)c%10)ccc9c(c6c6ccc9ccccc9c65)c78)cc4)cc32)cc1. The van der Waals surface area contributed by atoms with Crippen molar-refractivity contribution in [3.05, 3.63) is 388 Å². The smallest absolute Gasteiger partial charge is 0.165 e. The summed E-state index contributed by atoms with van der Waals surface area (Å²) in [5.74, 6) is 0.765. The van der Waals surface area contributed by atoms with E-state index in [9.17, 15) is 0 Å². The fourth-order valence-corrected chi connectivity index (χ4v) is 22.0. The number of benzene rings is 19. The molecule has 10 heteroatoms. The summed E-state index contributed by atoms with van der Waals surface area (Å²) < 4.78 is 14.8. The summed E-state index contributed by atoms with van der Waals surface area (Å²) in [6.45, 7) is 0. The molecule has 0 saturated heterocycles. The van der Waals surface area contributed by atoms with Crippen LogP contribution >= 0.6 is 0 Å². The third-order valence-electron chi connectivity index (χ3n) is 27.1. The molecule has 19 aromatic carbocycles. The van der Waals surface area contributed by atoms with Gasteiger partial charge in [0.2, 0.25) is 0 Å². The molecule has 10 aromatic heterocycles. The van der Waals surface area contributed by atoms with Gasteiger partial charge in [-0.05, 0) is 149 Å². The molecule has 570 valence electrons. The van der Waals surface area contributed by atoms with Crippen molar-refractivity contribution in [2.75, 3.05) is 0 Å². The predicted octanol–water partition coefficient (Wildman–Crippen LogP) is 29.2. The van der Waals surface area contributed by atoms with Gasteiger partial charge in [0.25, 0.3) is 0 Å². The Morgan fingerprint density at radius 2 is 0.516 bits per heavy atom. The zero-order valence-electron chi connectivity index (χ0n) is 66.4. The van der Waals surface area contributed by atoms with Crippen LogP contribution in [-0.4, -0.2) is 47.0 Å². The van der Waals surface area contributed by atoms with Gasteiger partial charge >= 0.3 is 0 Å². The first-order valence-corrected chi connectivity index (χ1v) is 42.5. The van der Waals surface area contributed by atoms with Gasteiger partial charge in [-0.15, -0.1) is 0 Å². The van der Waals surface area contributed by atoms with Crippen molar-refractivity contribution in [2.45, 2.75) is 0 Å². The van der Waals surface area contributed by atoms with Gasteiger partial charge < -0.3 is 22.5 Å². The van der Waals surface area contributed by atoms with E-state index in [1.54, 1.807) is 0 Å². The van der Waals surface area contributed by atoms with E-state index >= 15 is 0 Å². The maximum absolute atomic E-state index is 5.89. The van der Waals surface area contributed by atoms with Crippen LogP contribution in [0.1, 0.15) is 0 Å². The molecule has 10 nitrogen and oxygen atoms in total. The summed E-state index contributed by atoms with van der Waals surface area (Å²) in [6.07, 6.45) is 0. The van der Waals surface area contributed by atoms with Crippen LogP contribution in [0.25, 0.3) is 275 Å². The quantitative estimate of drug-likeness (QED) is 0.152. The fraction of sp³-hybridized carbons (Fsp3) is 0. The minimum absolute atomic E-state index is 0.765. The van der Waals surface area contributed by atoms with E-state index < -0.39 is 0 Å². The van der Waals surface area contributed by atoms with Crippen molar-refractivity contribution >= 4 is 207 Å². The molecule has 0 saturated carbocycles. The average Bonchev–Trinajstić information content (AvgIpc) is 1.51. The molecule has 0 unspecified atom stereocenters. The van der Waals surface area contributed by atoms with E-state index in [1.165, 1.54) is 125 Å². The zero-order chi connectivity index (χ0) is 80.4. The van der Waals surface area contributed by atoms with Gasteiger partial charge in [-0.1, -0.05) is 261 Å². The van der Waals surface area contributed by atoms with Gasteiger partial charge in [-0.2, -0.15) is 0 Å². The van der Waals surface area contributed by atoms with Gasteiger partial charge in [0.15, 0.2) is 5.82 Å². The van der Waals surface area contributed by atoms with Gasteiger partial charge in [-0.3, -0.25) is 4.57 Å². The highest BCUT2D eigenvalue weighted by molar-refractivity contribution is 6.39. The van der Waals surface area contributed by atoms with Crippen LogP contribution in [0.3, 0.4) is 0 Å². The number of para-hydroxylation sites is 11. The maximum atomic E-state index is 5.89. The second-order valence-electron chi connectivity index (χ2n) is 33.5. The van der Waals surface area contributed by atoms with Crippen LogP contribution in [0.15, 0.2) is 388 Å². The minimum Gasteiger partial charge on any atom is -0.309 e. The van der Waals surface area contributed by atoms with Crippen LogP contribution in [0.5, 0.6) is 0 Å². The van der Waals surface area contributed by atoms with Crippen molar-refractivity contribution in [1.29, 1.82) is 0 Å². The molecule has 29 aromatic rings. The van der Waals surface area contributed by atoms with E-state index in [4.69, 9.17) is 19.9 Å². The average molecular weight is 1570 g/mol. The minimum atomic E-state index is 0.765. The first kappa shape index (κ1) is 66.1. The maximum Gasteiger partial charge on any atom is 0.165 e. The van der Waals surface area contributed by atoms with Crippen LogP contribution < -0.4 is 0 Å². The number of rotatable bonds is 8. The van der Waals surface area contributed by atoms with Crippen LogP contribution in [0.2, 0.25) is 0 Å². The zero-order valence-corrected chi connectivity index (χ0v) is 66.4. The molecule has 10 heterocycles. The molecule has 0 aliphatic heterocycles. The van der Waals surface area contributed by atoms with E-state index in [0.29, 0.717) is 0 Å². The van der Waals surface area contributed by atoms with Gasteiger partial charge in [-0.25, -0.2) is 19.9 Å². The van der Waals surface area contributed by atoms with Gasteiger partial charge in [0, 0.05) is 131 Å². The summed E-state index contributed by atoms with van der Waals surface area (Å²) in [4.78, 5) is 22.7. The Morgan fingerprint density at radius 1 is 0.161 bits per heavy atom. The predicted molar refractivity (Wildman–Crippen MR) is 516 cm³/mol. The Labute approximate surface area is 705 Å². The lowest BCUT2D eigenvalue weighted by Gasteiger charge is -2.16. The van der Waals surface area contributed by atoms with E-state index in [1.807, 2.05) is 6.07 Å². The van der Waals surface area contributed by atoms with Crippen molar-refractivity contribution in [3.8, 4) is 67.8 Å². The summed E-state index contributed by atoms with van der Waals surface area (Å²) in [7, 11) is 0. The van der Waals surface area contributed by atoms with Crippen molar-refractivity contribution in [3.63, 3.8) is 0 Å². The molecular formula is C114H64N10. The summed E-state index contributed by atoms with van der Waals surface area (Å²) in [5, 5.41) is 23.9. The van der Waals surface area contributed by atoms with E-state index in [-0.39, 0.29) is 0 Å². The molecule has 0 N–H and O–H groups in total. The molecule has 0 atom stereocenters. The van der Waals surface area contributed by atoms with Crippen LogP contribution in [-0.2, 0) is 0 Å². The summed E-state index contributed by atoms with van der Waals surface area (Å²) >= 11 is 0. The number of aromatic nitrogens is 10. The third kappa shape index (κ3) is 8.85. The lowest BCUT2D eigenvalue weighted by atomic mass is 9.97. The second-order valence-corrected chi connectivity index (χ2v) is 33.5. The molecule has 124 heavy (non-hydrogen) atoms. The summed E-state index contributed by atoms with van der Waals surface area (Å²) in [6, 6.07) is 143. The molecule has 0 aliphatic carbocycles. The highest BCUT2D eigenvalue weighted by Gasteiger charge is 2.31. The standard InChI is InChI=1S/C114H64N10/c1-3-24-72(25-4-1)119-93-38-18-9-29-77(93)81-54-49-70(61-98(81)119)108-107(115-89-34-14-15-35-90(89)116-108)66-43-51-74(52-44-66)121-101-63-87-80-32-12-21-41-96(80)123-100-60-68(47-56-84(100)106(113(87)123)103(101)85-57-45-65-23-7-8-28-75(65)110(85)121)67-46-53-76-69(59-67)48-58-86-104-102(64-88-79-31-11-20-40-95(79)122-97-42-22-13-33-83(97)105(104)112(88)122)124(111(76)86)114-109(117-91-36-16-17-37-92(91)118-114)71-50-55-82-78-30-10-19-39-94(78)120(99(82)62-71)73-26-5-2-6-27-73/h1-64H. The van der Waals surface area contributed by atoms with Gasteiger partial charge in [0.1, 0.15) is 5.69 Å². The Morgan fingerprint density at radius 3 is 1.10 bits per heavy atom. The van der Waals surface area contributed by atoms with Gasteiger partial charge in [0.05, 0.1) is 111 Å². The third-order valence-corrected chi connectivity index (χ3v) is 27.1. The summed E-state index contributed by atoms with van der Waals surface area (Å²) in [5.41, 5.74) is 30.4. The number of fused-ring (bicyclic) bond motifs is 32. The van der Waals surface area contributed by atoms with Crippen LogP contribution in [0, 0.1) is 0 Å².